The Bertz CT molecular complexity index is 115. The van der Waals surface area contributed by atoms with Gasteiger partial charge in [-0.15, -0.1) is 0 Å². The molecule has 0 N–H and O–H groups in total. The minimum Gasteiger partial charge on any atom is -0.372 e. The molecule has 7 heteroatoms. The summed E-state index contributed by atoms with van der Waals surface area (Å²) >= 11 is 15.8. The molecule has 12 heavy (non-hydrogen) atoms. The van der Waals surface area contributed by atoms with Crippen LogP contribution in [-0.2, 0) is 4.74 Å². The molecule has 0 aliphatic heterocycles. The first kappa shape index (κ1) is 12.6. The van der Waals surface area contributed by atoms with E-state index < -0.39 is 16.6 Å². The third kappa shape index (κ3) is 10.6. The fourth-order valence-electron chi connectivity index (χ4n) is 0.376. The molecule has 0 aromatic heterocycles. The molecule has 1 nitrogen and oxygen atoms in total. The van der Waals surface area contributed by atoms with Gasteiger partial charge in [-0.1, -0.05) is 34.8 Å². The van der Waals surface area contributed by atoms with Crippen LogP contribution >= 0.6 is 34.8 Å². The molecular weight excluding hydrogens is 239 g/mol. The van der Waals surface area contributed by atoms with Crippen molar-refractivity contribution in [3.8, 4) is 0 Å². The molecule has 0 heterocycles. The molecular formula is C5H6Cl3F3O. The highest BCUT2D eigenvalue weighted by Gasteiger charge is 2.28. The Balaban J connectivity index is 3.35. The van der Waals surface area contributed by atoms with Crippen LogP contribution < -0.4 is 0 Å². The molecule has 0 spiro atoms. The van der Waals surface area contributed by atoms with Crippen LogP contribution in [0.3, 0.4) is 0 Å². The Labute approximate surface area is 82.7 Å². The smallest absolute Gasteiger partial charge is 0.372 e. The van der Waals surface area contributed by atoms with Crippen molar-refractivity contribution < 1.29 is 17.9 Å². The average Bonchev–Trinajstić information content (AvgIpc) is 1.76. The lowest BCUT2D eigenvalue weighted by Gasteiger charge is -2.11. The molecule has 0 bridgehead atoms. The van der Waals surface area contributed by atoms with E-state index in [0.717, 1.165) is 0 Å². The number of ether oxygens (including phenoxy) is 1. The van der Waals surface area contributed by atoms with Crippen LogP contribution in [0.4, 0.5) is 13.2 Å². The van der Waals surface area contributed by atoms with Gasteiger partial charge in [-0.2, -0.15) is 13.2 Å². The average molecular weight is 245 g/mol. The summed E-state index contributed by atoms with van der Waals surface area (Å²) in [6, 6.07) is 0. The fraction of sp³-hybridized carbons (Fsp3) is 1.00. The summed E-state index contributed by atoms with van der Waals surface area (Å²) in [4.78, 5) is 0. The quantitative estimate of drug-likeness (QED) is 0.547. The van der Waals surface area contributed by atoms with Crippen molar-refractivity contribution in [1.82, 2.24) is 0 Å². The van der Waals surface area contributed by atoms with Gasteiger partial charge in [0.1, 0.15) is 6.61 Å². The fourth-order valence-corrected chi connectivity index (χ4v) is 0.607. The van der Waals surface area contributed by atoms with Gasteiger partial charge in [0.05, 0.1) is 6.61 Å². The first-order valence-corrected chi connectivity index (χ1v) is 4.05. The van der Waals surface area contributed by atoms with E-state index in [0.29, 0.717) is 0 Å². The highest BCUT2D eigenvalue weighted by Crippen LogP contribution is 2.29. The molecule has 0 aromatic carbocycles. The molecule has 0 rings (SSSR count). The van der Waals surface area contributed by atoms with Crippen LogP contribution in [0.1, 0.15) is 6.42 Å². The molecule has 0 unspecified atom stereocenters. The van der Waals surface area contributed by atoms with Crippen molar-refractivity contribution in [2.45, 2.75) is 16.4 Å². The van der Waals surface area contributed by atoms with Crippen LogP contribution in [0, 0.1) is 0 Å². The molecule has 0 amide bonds. The SMILES string of the molecule is FC(F)(F)COCCC(Cl)(Cl)Cl. The highest BCUT2D eigenvalue weighted by atomic mass is 35.6. The first-order chi connectivity index (χ1) is 5.21. The monoisotopic (exact) mass is 244 g/mol. The zero-order valence-corrected chi connectivity index (χ0v) is 8.07. The second-order valence-electron chi connectivity index (χ2n) is 2.03. The van der Waals surface area contributed by atoms with E-state index in [1.807, 2.05) is 0 Å². The minimum absolute atomic E-state index is 0.0618. The van der Waals surface area contributed by atoms with Crippen molar-refractivity contribution in [2.24, 2.45) is 0 Å². The molecule has 0 atom stereocenters. The van der Waals surface area contributed by atoms with Crippen molar-refractivity contribution in [3.05, 3.63) is 0 Å². The molecule has 74 valence electrons. The topological polar surface area (TPSA) is 9.23 Å². The summed E-state index contributed by atoms with van der Waals surface area (Å²) in [5, 5.41) is 0. The largest absolute Gasteiger partial charge is 0.411 e. The lowest BCUT2D eigenvalue weighted by molar-refractivity contribution is -0.173. The van der Waals surface area contributed by atoms with Gasteiger partial charge in [0.15, 0.2) is 3.79 Å². The van der Waals surface area contributed by atoms with Crippen LogP contribution in [0.25, 0.3) is 0 Å². The van der Waals surface area contributed by atoms with E-state index >= 15 is 0 Å². The second kappa shape index (κ2) is 4.74. The van der Waals surface area contributed by atoms with Crippen molar-refractivity contribution in [1.29, 1.82) is 0 Å². The van der Waals surface area contributed by atoms with Crippen LogP contribution in [0.5, 0.6) is 0 Å². The second-order valence-corrected chi connectivity index (χ2v) is 4.55. The Morgan fingerprint density at radius 1 is 1.08 bits per heavy atom. The number of hydrogen-bond donors (Lipinski definition) is 0. The predicted molar refractivity (Wildman–Crippen MR) is 41.8 cm³/mol. The van der Waals surface area contributed by atoms with Crippen LogP contribution in [0.2, 0.25) is 0 Å². The van der Waals surface area contributed by atoms with Gasteiger partial charge in [-0.25, -0.2) is 0 Å². The van der Waals surface area contributed by atoms with E-state index in [2.05, 4.69) is 4.74 Å². The summed E-state index contributed by atoms with van der Waals surface area (Å²) < 4.78 is 37.0. The number of hydrogen-bond acceptors (Lipinski definition) is 1. The molecule has 0 aliphatic rings. The standard InChI is InChI=1S/C5H6Cl3F3O/c6-4(7,8)1-2-12-3-5(9,10)11/h1-3H2. The van der Waals surface area contributed by atoms with Crippen molar-refractivity contribution >= 4 is 34.8 Å². The van der Waals surface area contributed by atoms with E-state index in [1.54, 1.807) is 0 Å². The van der Waals surface area contributed by atoms with Gasteiger partial charge < -0.3 is 4.74 Å². The maximum absolute atomic E-state index is 11.5. The summed E-state index contributed by atoms with van der Waals surface area (Å²) in [5.74, 6) is 0. The maximum Gasteiger partial charge on any atom is 0.411 e. The highest BCUT2D eigenvalue weighted by molar-refractivity contribution is 6.67. The molecule has 0 saturated carbocycles. The van der Waals surface area contributed by atoms with Gasteiger partial charge in [0.2, 0.25) is 0 Å². The van der Waals surface area contributed by atoms with E-state index in [4.69, 9.17) is 34.8 Å². The summed E-state index contributed by atoms with van der Waals surface area (Å²) in [6.45, 7) is -1.54. The van der Waals surface area contributed by atoms with Crippen molar-refractivity contribution in [3.63, 3.8) is 0 Å². The van der Waals surface area contributed by atoms with Crippen molar-refractivity contribution in [2.75, 3.05) is 13.2 Å². The van der Waals surface area contributed by atoms with Gasteiger partial charge in [0, 0.05) is 6.42 Å². The van der Waals surface area contributed by atoms with E-state index in [-0.39, 0.29) is 13.0 Å². The van der Waals surface area contributed by atoms with Crippen LogP contribution in [0.15, 0.2) is 0 Å². The third-order valence-electron chi connectivity index (χ3n) is 0.796. The number of halogens is 6. The number of alkyl halides is 6. The third-order valence-corrected chi connectivity index (χ3v) is 1.36. The van der Waals surface area contributed by atoms with Gasteiger partial charge in [0.25, 0.3) is 0 Å². The zero-order valence-electron chi connectivity index (χ0n) is 5.80. The molecule has 0 fully saturated rings. The lowest BCUT2D eigenvalue weighted by Crippen LogP contribution is -2.19. The van der Waals surface area contributed by atoms with Gasteiger partial charge in [-0.3, -0.25) is 0 Å². The Morgan fingerprint density at radius 3 is 1.92 bits per heavy atom. The first-order valence-electron chi connectivity index (χ1n) is 2.92. The molecule has 0 aromatic rings. The van der Waals surface area contributed by atoms with Gasteiger partial charge >= 0.3 is 6.18 Å². The maximum atomic E-state index is 11.5. The van der Waals surface area contributed by atoms with E-state index in [1.165, 1.54) is 0 Å². The Hall–Kier alpha value is 0.620. The summed E-state index contributed by atoms with van der Waals surface area (Å²) in [6.07, 6.45) is -4.39. The molecule has 0 saturated heterocycles. The summed E-state index contributed by atoms with van der Waals surface area (Å²) in [5.41, 5.74) is 0. The Kier molecular flexibility index (Phi) is 4.99. The lowest BCUT2D eigenvalue weighted by atomic mass is 10.5. The van der Waals surface area contributed by atoms with Gasteiger partial charge in [-0.05, 0) is 0 Å². The minimum atomic E-state index is -4.33. The molecule has 0 radical (unpaired) electrons. The predicted octanol–water partition coefficient (Wildman–Crippen LogP) is 3.33. The van der Waals surface area contributed by atoms with E-state index in [9.17, 15) is 13.2 Å². The van der Waals surface area contributed by atoms with Crippen LogP contribution in [-0.4, -0.2) is 23.2 Å². The Morgan fingerprint density at radius 2 is 1.58 bits per heavy atom. The summed E-state index contributed by atoms with van der Waals surface area (Å²) in [7, 11) is 0. The molecule has 0 aliphatic carbocycles. The number of rotatable bonds is 3. The zero-order chi connectivity index (χ0) is 9.83. The normalized spacial score (nSPS) is 13.5.